The van der Waals surface area contributed by atoms with Crippen molar-refractivity contribution in [3.8, 4) is 23.7 Å². The van der Waals surface area contributed by atoms with Crippen LogP contribution in [-0.2, 0) is 21.1 Å². The smallest absolute Gasteiger partial charge is 0.264 e. The van der Waals surface area contributed by atoms with Crippen molar-refractivity contribution >= 4 is 37.3 Å². The maximum Gasteiger partial charge on any atom is 0.264 e. The van der Waals surface area contributed by atoms with Crippen LogP contribution in [0.2, 0.25) is 0 Å². The Morgan fingerprint density at radius 3 is 2.78 bits per heavy atom. The molecule has 1 saturated heterocycles. The second-order valence-corrected chi connectivity index (χ2v) is 11.6. The van der Waals surface area contributed by atoms with Gasteiger partial charge in [0, 0.05) is 30.8 Å². The van der Waals surface area contributed by atoms with Crippen LogP contribution in [-0.4, -0.2) is 71.8 Å². The summed E-state index contributed by atoms with van der Waals surface area (Å²) in [4.78, 5) is 18.5. The van der Waals surface area contributed by atoms with Gasteiger partial charge in [0.25, 0.3) is 5.91 Å². The monoisotopic (exact) mass is 475 g/mol. The lowest BCUT2D eigenvalue weighted by atomic mass is 9.90. The van der Waals surface area contributed by atoms with Crippen molar-refractivity contribution in [2.45, 2.75) is 30.6 Å². The maximum atomic E-state index is 12.1. The van der Waals surface area contributed by atoms with E-state index < -0.39 is 20.5 Å². The van der Waals surface area contributed by atoms with Crippen LogP contribution in [0.15, 0.2) is 18.2 Å². The van der Waals surface area contributed by atoms with Gasteiger partial charge in [0.05, 0.1) is 27.7 Å². The third-order valence-electron chi connectivity index (χ3n) is 5.88. The van der Waals surface area contributed by atoms with Gasteiger partial charge >= 0.3 is 0 Å². The number of nitrogens with zero attached hydrogens (tertiary/aromatic N) is 2. The number of thiazole rings is 1. The molecule has 1 aromatic heterocycles. The Balaban J connectivity index is 1.71. The number of aliphatic hydroxyl groups is 1. The summed E-state index contributed by atoms with van der Waals surface area (Å²) in [6, 6.07) is 5.65. The summed E-state index contributed by atoms with van der Waals surface area (Å²) in [5, 5.41) is 18.9. The molecule has 1 aliphatic heterocycles. The molecule has 3 N–H and O–H groups in total. The second-order valence-electron chi connectivity index (χ2n) is 8.05. The van der Waals surface area contributed by atoms with E-state index in [0.717, 1.165) is 28.6 Å². The van der Waals surface area contributed by atoms with Gasteiger partial charge in [-0.05, 0) is 50.4 Å². The number of hydroxylamine groups is 1. The fourth-order valence-electron chi connectivity index (χ4n) is 3.47. The van der Waals surface area contributed by atoms with Crippen molar-refractivity contribution < 1.29 is 23.5 Å². The Morgan fingerprint density at radius 1 is 1.41 bits per heavy atom. The molecule has 2 heterocycles. The molecule has 0 aliphatic carbocycles. The zero-order valence-electron chi connectivity index (χ0n) is 18.0. The van der Waals surface area contributed by atoms with Gasteiger partial charge in [-0.2, -0.15) is 0 Å². The van der Waals surface area contributed by atoms with Gasteiger partial charge in [-0.15, -0.1) is 11.3 Å². The average molecular weight is 476 g/mol. The molecule has 2 aromatic rings. The molecule has 3 rings (SSSR count). The molecule has 32 heavy (non-hydrogen) atoms. The third-order valence-corrected chi connectivity index (χ3v) is 8.98. The van der Waals surface area contributed by atoms with E-state index in [4.69, 9.17) is 5.21 Å². The van der Waals surface area contributed by atoms with Gasteiger partial charge < -0.3 is 5.11 Å². The SMILES string of the molecule is CN1C[C@@H](C#CC#Cc2ccc3nc(CC[C@](C)(C(=O)NO)S(C)(=O)=O)sc3c2)[C@@H]1CO. The number of amides is 1. The Bertz CT molecular complexity index is 1250. The number of hydrogen-bond acceptors (Lipinski definition) is 8. The number of fused-ring (bicyclic) bond motifs is 1. The first kappa shape index (κ1) is 24.2. The van der Waals surface area contributed by atoms with Crippen LogP contribution >= 0.6 is 11.3 Å². The second kappa shape index (κ2) is 9.57. The van der Waals surface area contributed by atoms with Crippen molar-refractivity contribution in [3.63, 3.8) is 0 Å². The third kappa shape index (κ3) is 4.96. The first-order valence-electron chi connectivity index (χ1n) is 9.95. The molecule has 0 radical (unpaired) electrons. The topological polar surface area (TPSA) is 120 Å². The van der Waals surface area contributed by atoms with Crippen molar-refractivity contribution in [2.24, 2.45) is 5.92 Å². The summed E-state index contributed by atoms with van der Waals surface area (Å²) in [6.07, 6.45) is 1.23. The van der Waals surface area contributed by atoms with Crippen molar-refractivity contribution in [1.29, 1.82) is 0 Å². The molecule has 1 aliphatic rings. The van der Waals surface area contributed by atoms with E-state index in [0.29, 0.717) is 5.01 Å². The molecule has 8 nitrogen and oxygen atoms in total. The maximum absolute atomic E-state index is 12.1. The summed E-state index contributed by atoms with van der Waals surface area (Å²) in [5.74, 6) is 11.0. The van der Waals surface area contributed by atoms with Gasteiger partial charge in [0.1, 0.15) is 4.75 Å². The Labute approximate surface area is 191 Å². The lowest BCUT2D eigenvalue weighted by Gasteiger charge is -2.42. The molecule has 170 valence electrons. The van der Waals surface area contributed by atoms with E-state index in [-0.39, 0.29) is 31.4 Å². The van der Waals surface area contributed by atoms with Crippen molar-refractivity contribution in [3.05, 3.63) is 28.8 Å². The van der Waals surface area contributed by atoms with E-state index in [1.807, 2.05) is 25.2 Å². The largest absolute Gasteiger partial charge is 0.395 e. The number of nitrogens with one attached hydrogen (secondary N) is 1. The van der Waals surface area contributed by atoms with Crippen LogP contribution < -0.4 is 5.48 Å². The molecule has 10 heteroatoms. The number of likely N-dealkylation sites (tertiary alicyclic amines) is 1. The molecule has 0 bridgehead atoms. The van der Waals surface area contributed by atoms with Gasteiger partial charge in [-0.1, -0.05) is 11.8 Å². The fourth-order valence-corrected chi connectivity index (χ4v) is 5.33. The van der Waals surface area contributed by atoms with Crippen LogP contribution in [0.3, 0.4) is 0 Å². The molecule has 1 fully saturated rings. The fraction of sp³-hybridized carbons (Fsp3) is 0.455. The van der Waals surface area contributed by atoms with E-state index in [1.54, 1.807) is 0 Å². The van der Waals surface area contributed by atoms with E-state index in [2.05, 4.69) is 33.6 Å². The van der Waals surface area contributed by atoms with Crippen LogP contribution in [0.25, 0.3) is 10.2 Å². The van der Waals surface area contributed by atoms with Gasteiger partial charge in [-0.25, -0.2) is 18.9 Å². The number of sulfone groups is 1. The van der Waals surface area contributed by atoms with E-state index >= 15 is 0 Å². The summed E-state index contributed by atoms with van der Waals surface area (Å²) in [6.45, 7) is 2.20. The standard InChI is InChI=1S/C22H25N3O5S2/c1-22(21(27)24-28,32(3,29)30)11-10-20-23-17-9-8-15(12-19(17)31-20)6-4-5-7-16-13-25(2)18(16)14-26/h8-9,12,16,18,26,28H,10-11,13-14H2,1-3H3,(H,24,27)/t16-,18+,22-/m1/s1. The van der Waals surface area contributed by atoms with Crippen LogP contribution in [0.4, 0.5) is 0 Å². The minimum Gasteiger partial charge on any atom is -0.395 e. The summed E-state index contributed by atoms with van der Waals surface area (Å²) in [5.41, 5.74) is 3.00. The van der Waals surface area contributed by atoms with E-state index in [9.17, 15) is 18.3 Å². The quantitative estimate of drug-likeness (QED) is 0.321. The Morgan fingerprint density at radius 2 is 2.16 bits per heavy atom. The number of carbonyl (C=O) groups is 1. The zero-order chi connectivity index (χ0) is 23.5. The first-order valence-corrected chi connectivity index (χ1v) is 12.7. The minimum atomic E-state index is -3.75. The molecule has 1 amide bonds. The molecule has 0 saturated carbocycles. The molecule has 1 aromatic carbocycles. The number of rotatable bonds is 6. The highest BCUT2D eigenvalue weighted by atomic mass is 32.2. The number of aryl methyl sites for hydroxylation is 1. The number of aromatic nitrogens is 1. The number of hydrogen-bond donors (Lipinski definition) is 3. The Kier molecular flexibility index (Phi) is 7.23. The average Bonchev–Trinajstić information content (AvgIpc) is 3.15. The number of benzene rings is 1. The van der Waals surface area contributed by atoms with Gasteiger partial charge in [0.15, 0.2) is 9.84 Å². The molecule has 0 unspecified atom stereocenters. The normalized spacial score (nSPS) is 20.3. The van der Waals surface area contributed by atoms with Gasteiger partial charge in [-0.3, -0.25) is 14.9 Å². The Hall–Kier alpha value is -2.47. The molecule has 0 spiro atoms. The lowest BCUT2D eigenvalue weighted by Crippen LogP contribution is -2.55. The minimum absolute atomic E-state index is 0.00844. The predicted octanol–water partition coefficient (Wildman–Crippen LogP) is 0.815. The predicted molar refractivity (Wildman–Crippen MR) is 123 cm³/mol. The van der Waals surface area contributed by atoms with Gasteiger partial charge in [0.2, 0.25) is 0 Å². The summed E-state index contributed by atoms with van der Waals surface area (Å²) >= 11 is 1.41. The molecular formula is C22H25N3O5S2. The highest BCUT2D eigenvalue weighted by Crippen LogP contribution is 2.28. The van der Waals surface area contributed by atoms with E-state index in [1.165, 1.54) is 23.7 Å². The molecular weight excluding hydrogens is 450 g/mol. The summed E-state index contributed by atoms with van der Waals surface area (Å²) < 4.78 is 23.4. The highest BCUT2D eigenvalue weighted by molar-refractivity contribution is 7.92. The molecule has 3 atom stereocenters. The van der Waals surface area contributed by atoms with Crippen LogP contribution in [0.1, 0.15) is 23.9 Å². The van der Waals surface area contributed by atoms with Crippen molar-refractivity contribution in [1.82, 2.24) is 15.4 Å². The van der Waals surface area contributed by atoms with Crippen LogP contribution in [0, 0.1) is 29.6 Å². The first-order chi connectivity index (χ1) is 15.1. The number of carbonyl (C=O) groups excluding carboxylic acids is 1. The van der Waals surface area contributed by atoms with Crippen LogP contribution in [0.5, 0.6) is 0 Å². The van der Waals surface area contributed by atoms with Crippen molar-refractivity contribution in [2.75, 3.05) is 26.5 Å². The number of likely N-dealkylation sites (N-methyl/N-ethyl adjacent to an activating group) is 1. The lowest BCUT2D eigenvalue weighted by molar-refractivity contribution is -0.131. The summed E-state index contributed by atoms with van der Waals surface area (Å²) in [7, 11) is -1.80. The zero-order valence-corrected chi connectivity index (χ0v) is 19.7. The number of aliphatic hydroxyl groups excluding tert-OH is 1. The highest BCUT2D eigenvalue weighted by Gasteiger charge is 2.43.